The number of piperazine rings is 1. The van der Waals surface area contributed by atoms with E-state index in [9.17, 15) is 9.59 Å². The van der Waals surface area contributed by atoms with Crippen molar-refractivity contribution in [3.8, 4) is 0 Å². The van der Waals surface area contributed by atoms with E-state index in [2.05, 4.69) is 27.4 Å². The van der Waals surface area contributed by atoms with Crippen molar-refractivity contribution < 1.29 is 9.59 Å². The Morgan fingerprint density at radius 1 is 1.06 bits per heavy atom. The zero-order valence-corrected chi connectivity index (χ0v) is 19.8. The minimum atomic E-state index is -0.0704. The van der Waals surface area contributed by atoms with E-state index >= 15 is 0 Å². The third-order valence-electron chi connectivity index (χ3n) is 6.35. The number of guanidine groups is 1. The van der Waals surface area contributed by atoms with Gasteiger partial charge in [0.1, 0.15) is 0 Å². The van der Waals surface area contributed by atoms with Crippen LogP contribution in [0.25, 0.3) is 0 Å². The molecule has 1 atom stereocenters. The van der Waals surface area contributed by atoms with E-state index in [-0.39, 0.29) is 17.9 Å². The van der Waals surface area contributed by atoms with Crippen LogP contribution in [0.15, 0.2) is 29.3 Å². The van der Waals surface area contributed by atoms with Gasteiger partial charge in [-0.2, -0.15) is 0 Å². The van der Waals surface area contributed by atoms with E-state index in [0.29, 0.717) is 12.1 Å². The Labute approximate surface area is 192 Å². The summed E-state index contributed by atoms with van der Waals surface area (Å²) in [4.78, 5) is 36.0. The van der Waals surface area contributed by atoms with Crippen molar-refractivity contribution in [1.82, 2.24) is 25.3 Å². The third-order valence-corrected chi connectivity index (χ3v) is 6.35. The molecule has 32 heavy (non-hydrogen) atoms. The highest BCUT2D eigenvalue weighted by Gasteiger charge is 2.30. The van der Waals surface area contributed by atoms with Crippen LogP contribution in [-0.2, 0) is 11.2 Å². The molecule has 2 heterocycles. The Bertz CT molecular complexity index is 797. The van der Waals surface area contributed by atoms with Crippen LogP contribution in [0.3, 0.4) is 0 Å². The van der Waals surface area contributed by atoms with Gasteiger partial charge in [-0.15, -0.1) is 0 Å². The molecule has 2 aliphatic heterocycles. The second kappa shape index (κ2) is 11.9. The minimum absolute atomic E-state index is 0.0534. The van der Waals surface area contributed by atoms with Gasteiger partial charge in [-0.25, -0.2) is 0 Å². The number of carbonyl (C=O) groups excluding carboxylic acids is 2. The first-order valence-corrected chi connectivity index (χ1v) is 11.9. The smallest absolute Gasteiger partial charge is 0.251 e. The van der Waals surface area contributed by atoms with Crippen molar-refractivity contribution in [3.05, 3.63) is 35.4 Å². The maximum atomic E-state index is 12.7. The lowest BCUT2D eigenvalue weighted by Gasteiger charge is -2.39. The molecule has 0 aliphatic carbocycles. The van der Waals surface area contributed by atoms with Crippen molar-refractivity contribution in [2.75, 3.05) is 59.4 Å². The number of likely N-dealkylation sites (tertiary alicyclic amines) is 1. The highest BCUT2D eigenvalue weighted by molar-refractivity contribution is 5.94. The number of amides is 2. The number of aliphatic imine (C=N–C) groups is 1. The molecule has 1 unspecified atom stereocenters. The largest absolute Gasteiger partial charge is 0.357 e. The minimum Gasteiger partial charge on any atom is -0.357 e. The predicted molar refractivity (Wildman–Crippen MR) is 128 cm³/mol. The van der Waals surface area contributed by atoms with E-state index in [1.54, 1.807) is 7.05 Å². The fourth-order valence-corrected chi connectivity index (χ4v) is 4.41. The Kier molecular flexibility index (Phi) is 8.90. The first-order chi connectivity index (χ1) is 15.5. The Morgan fingerprint density at radius 2 is 1.78 bits per heavy atom. The van der Waals surface area contributed by atoms with Gasteiger partial charge < -0.3 is 20.4 Å². The van der Waals surface area contributed by atoms with Crippen LogP contribution >= 0.6 is 0 Å². The van der Waals surface area contributed by atoms with Crippen LogP contribution in [-0.4, -0.2) is 97.9 Å². The lowest BCUT2D eigenvalue weighted by atomic mass is 10.1. The van der Waals surface area contributed by atoms with E-state index < -0.39 is 0 Å². The van der Waals surface area contributed by atoms with Crippen molar-refractivity contribution in [2.45, 2.75) is 39.2 Å². The van der Waals surface area contributed by atoms with Gasteiger partial charge >= 0.3 is 0 Å². The molecule has 2 saturated heterocycles. The predicted octanol–water partition coefficient (Wildman–Crippen LogP) is 1.18. The summed E-state index contributed by atoms with van der Waals surface area (Å²) in [6, 6.07) is 7.65. The average Bonchev–Trinajstić information content (AvgIpc) is 3.37. The molecule has 0 aromatic heterocycles. The van der Waals surface area contributed by atoms with Crippen LogP contribution in [0.2, 0.25) is 0 Å². The number of nitrogens with zero attached hydrogens (tertiary/aromatic N) is 4. The lowest BCUT2D eigenvalue weighted by Crippen LogP contribution is -2.57. The normalized spacial score (nSPS) is 18.5. The summed E-state index contributed by atoms with van der Waals surface area (Å²) >= 11 is 0. The number of hydrogen-bond acceptors (Lipinski definition) is 4. The molecule has 0 bridgehead atoms. The Hall–Kier alpha value is -2.61. The second-order valence-corrected chi connectivity index (χ2v) is 8.50. The fraction of sp³-hybridized carbons (Fsp3) is 0.625. The third kappa shape index (κ3) is 6.22. The van der Waals surface area contributed by atoms with Gasteiger partial charge in [-0.3, -0.25) is 19.5 Å². The maximum Gasteiger partial charge on any atom is 0.251 e. The van der Waals surface area contributed by atoms with Crippen LogP contribution in [0.4, 0.5) is 0 Å². The summed E-state index contributed by atoms with van der Waals surface area (Å²) in [6.45, 7) is 10.8. The van der Waals surface area contributed by atoms with Crippen LogP contribution in [0.1, 0.15) is 42.6 Å². The standard InChI is InChI=1S/C24H38N6O2/c1-4-26-24(27-11-10-20-8-7-9-21(18-20)22(31)25-3)30-16-14-28(15-17-30)19(2)23(32)29-12-5-6-13-29/h7-9,18-19H,4-6,10-17H2,1-3H3,(H,25,31)(H,26,27). The van der Waals surface area contributed by atoms with E-state index in [0.717, 1.165) is 76.6 Å². The summed E-state index contributed by atoms with van der Waals surface area (Å²) in [5, 5.41) is 6.07. The van der Waals surface area contributed by atoms with Gasteiger partial charge in [0, 0.05) is 65.0 Å². The van der Waals surface area contributed by atoms with Gasteiger partial charge in [-0.05, 0) is 50.8 Å². The number of hydrogen-bond donors (Lipinski definition) is 2. The maximum absolute atomic E-state index is 12.7. The summed E-state index contributed by atoms with van der Waals surface area (Å²) in [7, 11) is 1.64. The van der Waals surface area contributed by atoms with Gasteiger partial charge in [0.05, 0.1) is 6.04 Å². The topological polar surface area (TPSA) is 80.3 Å². The molecule has 2 fully saturated rings. The zero-order chi connectivity index (χ0) is 22.9. The molecule has 3 rings (SSSR count). The van der Waals surface area contributed by atoms with Crippen LogP contribution < -0.4 is 10.6 Å². The zero-order valence-electron chi connectivity index (χ0n) is 19.8. The summed E-state index contributed by atoms with van der Waals surface area (Å²) in [5.74, 6) is 1.13. The summed E-state index contributed by atoms with van der Waals surface area (Å²) < 4.78 is 0. The Morgan fingerprint density at radius 3 is 2.44 bits per heavy atom. The molecule has 0 spiro atoms. The van der Waals surface area contributed by atoms with E-state index in [1.165, 1.54) is 0 Å². The lowest BCUT2D eigenvalue weighted by molar-refractivity contribution is -0.135. The van der Waals surface area contributed by atoms with E-state index in [1.807, 2.05) is 36.1 Å². The molecule has 1 aromatic rings. The molecule has 8 nitrogen and oxygen atoms in total. The highest BCUT2D eigenvalue weighted by atomic mass is 16.2. The number of benzene rings is 1. The molecular formula is C24H38N6O2. The highest BCUT2D eigenvalue weighted by Crippen LogP contribution is 2.14. The molecule has 8 heteroatoms. The SMILES string of the molecule is CCNC(=NCCc1cccc(C(=O)NC)c1)N1CCN(C(C)C(=O)N2CCCC2)CC1. The molecule has 2 N–H and O–H groups in total. The quantitative estimate of drug-likeness (QED) is 0.490. The van der Waals surface area contributed by atoms with Crippen LogP contribution in [0, 0.1) is 0 Å². The van der Waals surface area contributed by atoms with Gasteiger partial charge in [0.25, 0.3) is 5.91 Å². The number of rotatable bonds is 7. The van der Waals surface area contributed by atoms with Crippen LogP contribution in [0.5, 0.6) is 0 Å². The molecular weight excluding hydrogens is 404 g/mol. The summed E-state index contributed by atoms with van der Waals surface area (Å²) in [5.41, 5.74) is 1.78. The average molecular weight is 443 g/mol. The second-order valence-electron chi connectivity index (χ2n) is 8.50. The van der Waals surface area contributed by atoms with Crippen molar-refractivity contribution in [3.63, 3.8) is 0 Å². The molecule has 2 aliphatic rings. The molecule has 0 saturated carbocycles. The van der Waals surface area contributed by atoms with Crippen molar-refractivity contribution in [1.29, 1.82) is 0 Å². The molecule has 1 aromatic carbocycles. The first-order valence-electron chi connectivity index (χ1n) is 11.9. The fourth-order valence-electron chi connectivity index (χ4n) is 4.41. The number of carbonyl (C=O) groups is 2. The van der Waals surface area contributed by atoms with Crippen molar-refractivity contribution >= 4 is 17.8 Å². The first kappa shape index (κ1) is 24.0. The van der Waals surface area contributed by atoms with Gasteiger partial charge in [-0.1, -0.05) is 12.1 Å². The molecule has 2 amide bonds. The molecule has 0 radical (unpaired) electrons. The molecule has 176 valence electrons. The van der Waals surface area contributed by atoms with E-state index in [4.69, 9.17) is 4.99 Å². The summed E-state index contributed by atoms with van der Waals surface area (Å²) in [6.07, 6.45) is 3.04. The monoisotopic (exact) mass is 442 g/mol. The number of nitrogens with one attached hydrogen (secondary N) is 2. The van der Waals surface area contributed by atoms with Gasteiger partial charge in [0.2, 0.25) is 5.91 Å². The van der Waals surface area contributed by atoms with Gasteiger partial charge in [0.15, 0.2) is 5.96 Å². The van der Waals surface area contributed by atoms with Crippen molar-refractivity contribution in [2.24, 2.45) is 4.99 Å². The Balaban J connectivity index is 1.53.